The highest BCUT2D eigenvalue weighted by molar-refractivity contribution is 6.18. The zero-order valence-corrected chi connectivity index (χ0v) is 19.8. The summed E-state index contributed by atoms with van der Waals surface area (Å²) in [4.78, 5) is 7.28. The molecule has 34 heavy (non-hydrogen) atoms. The van der Waals surface area contributed by atoms with Gasteiger partial charge < -0.3 is 4.90 Å². The van der Waals surface area contributed by atoms with Crippen molar-refractivity contribution in [1.29, 1.82) is 5.26 Å². The number of rotatable bonds is 7. The molecule has 2 heterocycles. The molecule has 0 saturated carbocycles. The molecular formula is C29H25ClN4. The van der Waals surface area contributed by atoms with Crippen LogP contribution < -0.4 is 4.90 Å². The Balaban J connectivity index is 1.83. The third-order valence-electron chi connectivity index (χ3n) is 6.28. The summed E-state index contributed by atoms with van der Waals surface area (Å²) in [5, 5.41) is 10.1. The van der Waals surface area contributed by atoms with E-state index in [9.17, 15) is 5.26 Å². The minimum Gasteiger partial charge on any atom is -0.349 e. The Labute approximate surface area is 204 Å². The standard InChI is InChI=1S/C29H25ClN4/c1-21-24(16-17-30)29(34-27-15-9-8-14-26(27)32-28(34)25(21)18-31)33(19-22-10-4-2-5-11-22)20-23-12-6-3-7-13-23/h2-15H,16-17,19-20H2,1H3. The lowest BCUT2D eigenvalue weighted by atomic mass is 10.0. The maximum absolute atomic E-state index is 10.1. The largest absolute Gasteiger partial charge is 0.349 e. The highest BCUT2D eigenvalue weighted by Gasteiger charge is 2.24. The summed E-state index contributed by atoms with van der Waals surface area (Å²) < 4.78 is 2.16. The molecule has 0 aliphatic rings. The van der Waals surface area contributed by atoms with Gasteiger partial charge in [0.05, 0.1) is 16.6 Å². The van der Waals surface area contributed by atoms with Crippen LogP contribution in [0.2, 0.25) is 0 Å². The van der Waals surface area contributed by atoms with Crippen molar-refractivity contribution >= 4 is 34.1 Å². The number of imidazole rings is 1. The first-order chi connectivity index (χ1) is 16.7. The topological polar surface area (TPSA) is 44.3 Å². The molecule has 0 saturated heterocycles. The summed E-state index contributed by atoms with van der Waals surface area (Å²) in [5.41, 5.74) is 7.65. The van der Waals surface area contributed by atoms with Crippen LogP contribution in [-0.4, -0.2) is 15.3 Å². The molecule has 5 heteroatoms. The second-order valence-corrected chi connectivity index (χ2v) is 8.82. The van der Waals surface area contributed by atoms with Gasteiger partial charge in [0.15, 0.2) is 5.65 Å². The lowest BCUT2D eigenvalue weighted by Crippen LogP contribution is -2.27. The molecule has 0 aliphatic carbocycles. The van der Waals surface area contributed by atoms with E-state index in [2.05, 4.69) is 70.0 Å². The van der Waals surface area contributed by atoms with Gasteiger partial charge in [0.25, 0.3) is 0 Å². The van der Waals surface area contributed by atoms with Crippen molar-refractivity contribution in [3.63, 3.8) is 0 Å². The van der Waals surface area contributed by atoms with Crippen LogP contribution in [0.1, 0.15) is 27.8 Å². The third-order valence-corrected chi connectivity index (χ3v) is 6.47. The predicted molar refractivity (Wildman–Crippen MR) is 139 cm³/mol. The maximum atomic E-state index is 10.1. The lowest BCUT2D eigenvalue weighted by molar-refractivity contribution is 0.767. The Morgan fingerprint density at radius 2 is 1.47 bits per heavy atom. The number of fused-ring (bicyclic) bond motifs is 3. The fraction of sp³-hybridized carbons (Fsp3) is 0.172. The zero-order chi connectivity index (χ0) is 23.5. The van der Waals surface area contributed by atoms with E-state index in [-0.39, 0.29) is 0 Å². The molecule has 0 amide bonds. The van der Waals surface area contributed by atoms with Crippen LogP contribution in [0.25, 0.3) is 16.7 Å². The molecule has 0 fully saturated rings. The van der Waals surface area contributed by atoms with E-state index in [4.69, 9.17) is 16.6 Å². The fourth-order valence-electron chi connectivity index (χ4n) is 4.70. The quantitative estimate of drug-likeness (QED) is 0.253. The monoisotopic (exact) mass is 464 g/mol. The van der Waals surface area contributed by atoms with Crippen molar-refractivity contribution in [2.24, 2.45) is 0 Å². The molecule has 0 radical (unpaired) electrons. The van der Waals surface area contributed by atoms with Crippen LogP contribution in [-0.2, 0) is 19.5 Å². The van der Waals surface area contributed by atoms with Gasteiger partial charge in [0, 0.05) is 19.0 Å². The molecule has 168 valence electrons. The van der Waals surface area contributed by atoms with Crippen LogP contribution in [0, 0.1) is 18.3 Å². The van der Waals surface area contributed by atoms with Gasteiger partial charge in [-0.05, 0) is 47.7 Å². The van der Waals surface area contributed by atoms with E-state index in [0.29, 0.717) is 23.5 Å². The van der Waals surface area contributed by atoms with Crippen LogP contribution >= 0.6 is 11.6 Å². The zero-order valence-electron chi connectivity index (χ0n) is 19.1. The van der Waals surface area contributed by atoms with E-state index >= 15 is 0 Å². The molecular weight excluding hydrogens is 440 g/mol. The van der Waals surface area contributed by atoms with Gasteiger partial charge in [-0.3, -0.25) is 4.40 Å². The molecule has 0 spiro atoms. The van der Waals surface area contributed by atoms with Crippen molar-refractivity contribution < 1.29 is 0 Å². The van der Waals surface area contributed by atoms with Gasteiger partial charge in [-0.1, -0.05) is 72.8 Å². The molecule has 0 aliphatic heterocycles. The highest BCUT2D eigenvalue weighted by atomic mass is 35.5. The molecule has 0 N–H and O–H groups in total. The first-order valence-electron chi connectivity index (χ1n) is 11.4. The maximum Gasteiger partial charge on any atom is 0.157 e. The van der Waals surface area contributed by atoms with Gasteiger partial charge in [0.2, 0.25) is 0 Å². The Hall–Kier alpha value is -3.81. The SMILES string of the molecule is Cc1c(CCCl)c(N(Cc2ccccc2)Cc2ccccc2)n2c(nc3ccccc32)c1C#N. The molecule has 0 bridgehead atoms. The lowest BCUT2D eigenvalue weighted by Gasteiger charge is -2.30. The number of nitriles is 1. The number of halogens is 1. The van der Waals surface area contributed by atoms with Gasteiger partial charge in [-0.15, -0.1) is 11.6 Å². The third kappa shape index (κ3) is 4.00. The number of hydrogen-bond donors (Lipinski definition) is 0. The Bertz CT molecular complexity index is 1440. The summed E-state index contributed by atoms with van der Waals surface area (Å²) in [6.45, 7) is 3.46. The molecule has 0 unspecified atom stereocenters. The van der Waals surface area contributed by atoms with Crippen molar-refractivity contribution in [3.05, 3.63) is 113 Å². The average Bonchev–Trinajstić information content (AvgIpc) is 3.24. The van der Waals surface area contributed by atoms with E-state index in [1.165, 1.54) is 11.1 Å². The summed E-state index contributed by atoms with van der Waals surface area (Å²) >= 11 is 6.32. The number of hydrogen-bond acceptors (Lipinski definition) is 3. The van der Waals surface area contributed by atoms with Crippen LogP contribution in [0.3, 0.4) is 0 Å². The van der Waals surface area contributed by atoms with E-state index in [1.54, 1.807) is 0 Å². The van der Waals surface area contributed by atoms with Gasteiger partial charge >= 0.3 is 0 Å². The number of aromatic nitrogens is 2. The van der Waals surface area contributed by atoms with E-state index < -0.39 is 0 Å². The normalized spacial score (nSPS) is 11.1. The Morgan fingerprint density at radius 1 is 0.882 bits per heavy atom. The van der Waals surface area contributed by atoms with Crippen LogP contribution in [0.15, 0.2) is 84.9 Å². The van der Waals surface area contributed by atoms with Gasteiger partial charge in [-0.25, -0.2) is 4.98 Å². The molecule has 0 atom stereocenters. The minimum atomic E-state index is 0.474. The van der Waals surface area contributed by atoms with E-state index in [0.717, 1.165) is 41.1 Å². The number of pyridine rings is 1. The van der Waals surface area contributed by atoms with Crippen LogP contribution in [0.5, 0.6) is 0 Å². The molecule has 5 rings (SSSR count). The Kier molecular flexibility index (Phi) is 6.20. The highest BCUT2D eigenvalue weighted by Crippen LogP contribution is 2.35. The number of benzene rings is 3. The first-order valence-corrected chi connectivity index (χ1v) is 12.0. The van der Waals surface area contributed by atoms with Crippen molar-refractivity contribution in [3.8, 4) is 6.07 Å². The first kappa shape index (κ1) is 22.0. The number of nitrogens with zero attached hydrogens (tertiary/aromatic N) is 4. The summed E-state index contributed by atoms with van der Waals surface area (Å²) in [6, 6.07) is 31.5. The van der Waals surface area contributed by atoms with Crippen molar-refractivity contribution in [2.75, 3.05) is 10.8 Å². The molecule has 5 aromatic rings. The summed E-state index contributed by atoms with van der Waals surface area (Å²) in [6.07, 6.45) is 0.667. The van der Waals surface area contributed by atoms with Crippen LogP contribution in [0.4, 0.5) is 5.82 Å². The molecule has 3 aromatic carbocycles. The van der Waals surface area contributed by atoms with Gasteiger partial charge in [0.1, 0.15) is 11.9 Å². The van der Waals surface area contributed by atoms with Crippen molar-refractivity contribution in [2.45, 2.75) is 26.4 Å². The second kappa shape index (κ2) is 9.59. The average molecular weight is 465 g/mol. The summed E-state index contributed by atoms with van der Waals surface area (Å²) in [5.74, 6) is 1.52. The second-order valence-electron chi connectivity index (χ2n) is 8.44. The smallest absolute Gasteiger partial charge is 0.157 e. The number of anilines is 1. The van der Waals surface area contributed by atoms with Gasteiger partial charge in [-0.2, -0.15) is 5.26 Å². The number of alkyl halides is 1. The molecule has 2 aromatic heterocycles. The van der Waals surface area contributed by atoms with E-state index in [1.807, 2.05) is 37.3 Å². The van der Waals surface area contributed by atoms with Crippen molar-refractivity contribution in [1.82, 2.24) is 9.38 Å². The molecule has 4 nitrogen and oxygen atoms in total. The minimum absolute atomic E-state index is 0.474. The summed E-state index contributed by atoms with van der Waals surface area (Å²) in [7, 11) is 0. The fourth-order valence-corrected chi connectivity index (χ4v) is 4.89. The number of para-hydroxylation sites is 2. The Morgan fingerprint density at radius 3 is 2.06 bits per heavy atom. The predicted octanol–water partition coefficient (Wildman–Crippen LogP) is 6.66.